The monoisotopic (exact) mass is 235 g/mol. The van der Waals surface area contributed by atoms with E-state index in [1.165, 1.54) is 0 Å². The summed E-state index contributed by atoms with van der Waals surface area (Å²) >= 11 is 5.81. The smallest absolute Gasteiger partial charge is 0.110 e. The molecular formula is C12H14ClN3. The number of hydrogen-bond donors (Lipinski definition) is 1. The molecule has 2 aromatic rings. The van der Waals surface area contributed by atoms with Gasteiger partial charge in [0.15, 0.2) is 0 Å². The number of aryl methyl sites for hydroxylation is 1. The molecule has 0 spiro atoms. The third-order valence-electron chi connectivity index (χ3n) is 2.44. The molecule has 1 aromatic heterocycles. The van der Waals surface area contributed by atoms with Crippen LogP contribution in [0.2, 0.25) is 5.02 Å². The first-order chi connectivity index (χ1) is 7.75. The van der Waals surface area contributed by atoms with Crippen molar-refractivity contribution in [3.8, 4) is 0 Å². The van der Waals surface area contributed by atoms with Crippen LogP contribution in [0.25, 0.3) is 0 Å². The summed E-state index contributed by atoms with van der Waals surface area (Å²) in [5.41, 5.74) is 1.08. The lowest BCUT2D eigenvalue weighted by atomic mass is 10.3. The van der Waals surface area contributed by atoms with Gasteiger partial charge in [-0.05, 0) is 24.3 Å². The Hall–Kier alpha value is -1.48. The number of hydrogen-bond acceptors (Lipinski definition) is 2. The second-order valence-electron chi connectivity index (χ2n) is 3.64. The summed E-state index contributed by atoms with van der Waals surface area (Å²) in [6, 6.07) is 7.71. The summed E-state index contributed by atoms with van der Waals surface area (Å²) in [5, 5.41) is 4.08. The molecule has 84 valence electrons. The molecule has 0 radical (unpaired) electrons. The van der Waals surface area contributed by atoms with E-state index in [1.54, 1.807) is 0 Å². The lowest BCUT2D eigenvalue weighted by Crippen LogP contribution is -2.08. The van der Waals surface area contributed by atoms with Gasteiger partial charge >= 0.3 is 0 Å². The molecule has 1 N–H and O–H groups in total. The minimum absolute atomic E-state index is 0.759. The fraction of sp³-hybridized carbons (Fsp3) is 0.250. The van der Waals surface area contributed by atoms with E-state index in [9.17, 15) is 0 Å². The van der Waals surface area contributed by atoms with Gasteiger partial charge in [0.1, 0.15) is 5.82 Å². The van der Waals surface area contributed by atoms with E-state index in [0.29, 0.717) is 0 Å². The summed E-state index contributed by atoms with van der Waals surface area (Å²) in [5.74, 6) is 1.08. The average molecular weight is 236 g/mol. The summed E-state index contributed by atoms with van der Waals surface area (Å²) in [6.45, 7) is 0.868. The van der Waals surface area contributed by atoms with Crippen LogP contribution in [0.1, 0.15) is 5.82 Å². The molecule has 3 nitrogen and oxygen atoms in total. The zero-order chi connectivity index (χ0) is 11.4. The lowest BCUT2D eigenvalue weighted by molar-refractivity contribution is 0.790. The Morgan fingerprint density at radius 2 is 2.06 bits per heavy atom. The van der Waals surface area contributed by atoms with Crippen molar-refractivity contribution in [3.05, 3.63) is 47.5 Å². The Bertz CT molecular complexity index is 448. The molecule has 0 unspecified atom stereocenters. The van der Waals surface area contributed by atoms with Crippen molar-refractivity contribution < 1.29 is 0 Å². The minimum atomic E-state index is 0.759. The first-order valence-electron chi connectivity index (χ1n) is 5.21. The number of rotatable bonds is 4. The third kappa shape index (κ3) is 2.76. The number of imidazole rings is 1. The maximum absolute atomic E-state index is 5.81. The van der Waals surface area contributed by atoms with Crippen molar-refractivity contribution >= 4 is 17.3 Å². The Morgan fingerprint density at radius 1 is 1.31 bits per heavy atom. The predicted molar refractivity (Wildman–Crippen MR) is 66.9 cm³/mol. The first-order valence-corrected chi connectivity index (χ1v) is 5.59. The number of anilines is 1. The van der Waals surface area contributed by atoms with Gasteiger partial charge < -0.3 is 9.88 Å². The molecule has 0 aliphatic heterocycles. The second kappa shape index (κ2) is 5.03. The highest BCUT2D eigenvalue weighted by Gasteiger charge is 1.98. The maximum Gasteiger partial charge on any atom is 0.110 e. The van der Waals surface area contributed by atoms with Gasteiger partial charge in [-0.15, -0.1) is 0 Å². The van der Waals surface area contributed by atoms with Crippen LogP contribution in [0.5, 0.6) is 0 Å². The van der Waals surface area contributed by atoms with E-state index in [4.69, 9.17) is 11.6 Å². The van der Waals surface area contributed by atoms with Crippen molar-refractivity contribution in [2.45, 2.75) is 6.42 Å². The van der Waals surface area contributed by atoms with Crippen LogP contribution in [-0.4, -0.2) is 16.1 Å². The van der Waals surface area contributed by atoms with Gasteiger partial charge in [-0.1, -0.05) is 11.6 Å². The van der Waals surface area contributed by atoms with Crippen LogP contribution < -0.4 is 5.32 Å². The average Bonchev–Trinajstić information content (AvgIpc) is 2.68. The molecule has 0 fully saturated rings. The maximum atomic E-state index is 5.81. The molecule has 1 heterocycles. The molecule has 16 heavy (non-hydrogen) atoms. The van der Waals surface area contributed by atoms with Crippen LogP contribution in [0.15, 0.2) is 36.7 Å². The molecule has 4 heteroatoms. The SMILES string of the molecule is Cn1ccnc1CCNc1ccc(Cl)cc1. The number of nitrogens with zero attached hydrogens (tertiary/aromatic N) is 2. The molecule has 0 saturated carbocycles. The molecular weight excluding hydrogens is 222 g/mol. The van der Waals surface area contributed by atoms with Crippen LogP contribution in [0, 0.1) is 0 Å². The van der Waals surface area contributed by atoms with Crippen molar-refractivity contribution in [3.63, 3.8) is 0 Å². The van der Waals surface area contributed by atoms with E-state index in [-0.39, 0.29) is 0 Å². The summed E-state index contributed by atoms with van der Waals surface area (Å²) in [6.07, 6.45) is 4.68. The molecule has 0 amide bonds. The molecule has 1 aromatic carbocycles. The van der Waals surface area contributed by atoms with E-state index >= 15 is 0 Å². The van der Waals surface area contributed by atoms with Crippen LogP contribution in [-0.2, 0) is 13.5 Å². The van der Waals surface area contributed by atoms with Crippen LogP contribution in [0.4, 0.5) is 5.69 Å². The van der Waals surface area contributed by atoms with E-state index in [0.717, 1.165) is 29.5 Å². The second-order valence-corrected chi connectivity index (χ2v) is 4.07. The first kappa shape index (κ1) is 11.0. The molecule has 0 atom stereocenters. The van der Waals surface area contributed by atoms with Crippen molar-refractivity contribution in [2.75, 3.05) is 11.9 Å². The van der Waals surface area contributed by atoms with Gasteiger partial charge in [-0.25, -0.2) is 4.98 Å². The zero-order valence-corrected chi connectivity index (χ0v) is 9.91. The number of halogens is 1. The Morgan fingerprint density at radius 3 is 2.69 bits per heavy atom. The normalized spacial score (nSPS) is 10.4. The molecule has 0 aliphatic carbocycles. The van der Waals surface area contributed by atoms with Gasteiger partial charge in [0, 0.05) is 43.1 Å². The lowest BCUT2D eigenvalue weighted by Gasteiger charge is -2.06. The van der Waals surface area contributed by atoms with E-state index in [2.05, 4.69) is 10.3 Å². The zero-order valence-electron chi connectivity index (χ0n) is 9.15. The number of benzene rings is 1. The van der Waals surface area contributed by atoms with Gasteiger partial charge in [0.25, 0.3) is 0 Å². The molecule has 0 saturated heterocycles. The minimum Gasteiger partial charge on any atom is -0.385 e. The molecule has 0 bridgehead atoms. The topological polar surface area (TPSA) is 29.9 Å². The summed E-state index contributed by atoms with van der Waals surface area (Å²) in [4.78, 5) is 4.26. The van der Waals surface area contributed by atoms with Gasteiger partial charge in [0.2, 0.25) is 0 Å². The van der Waals surface area contributed by atoms with Crippen LogP contribution in [0.3, 0.4) is 0 Å². The standard InChI is InChI=1S/C12H14ClN3/c1-16-9-8-15-12(16)6-7-14-11-4-2-10(13)3-5-11/h2-5,8-9,14H,6-7H2,1H3. The number of aromatic nitrogens is 2. The van der Waals surface area contributed by atoms with Crippen LogP contribution >= 0.6 is 11.6 Å². The highest BCUT2D eigenvalue weighted by atomic mass is 35.5. The molecule has 0 aliphatic rings. The van der Waals surface area contributed by atoms with Crippen molar-refractivity contribution in [1.82, 2.24) is 9.55 Å². The fourth-order valence-electron chi connectivity index (χ4n) is 1.52. The van der Waals surface area contributed by atoms with Crippen molar-refractivity contribution in [2.24, 2.45) is 7.05 Å². The third-order valence-corrected chi connectivity index (χ3v) is 2.69. The van der Waals surface area contributed by atoms with E-state index in [1.807, 2.05) is 48.3 Å². The summed E-state index contributed by atoms with van der Waals surface area (Å²) in [7, 11) is 2.00. The predicted octanol–water partition coefficient (Wildman–Crippen LogP) is 2.73. The highest BCUT2D eigenvalue weighted by Crippen LogP contribution is 2.13. The highest BCUT2D eigenvalue weighted by molar-refractivity contribution is 6.30. The van der Waals surface area contributed by atoms with Gasteiger partial charge in [-0.2, -0.15) is 0 Å². The number of nitrogens with one attached hydrogen (secondary N) is 1. The fourth-order valence-corrected chi connectivity index (χ4v) is 1.65. The largest absolute Gasteiger partial charge is 0.385 e. The Kier molecular flexibility index (Phi) is 3.47. The van der Waals surface area contributed by atoms with Crippen molar-refractivity contribution in [1.29, 1.82) is 0 Å². The van der Waals surface area contributed by atoms with Gasteiger partial charge in [-0.3, -0.25) is 0 Å². The summed E-state index contributed by atoms with van der Waals surface area (Å²) < 4.78 is 2.03. The van der Waals surface area contributed by atoms with Gasteiger partial charge in [0.05, 0.1) is 0 Å². The Labute approximate surface area is 100 Å². The molecule has 2 rings (SSSR count). The van der Waals surface area contributed by atoms with E-state index < -0.39 is 0 Å². The quantitative estimate of drug-likeness (QED) is 0.883. The Balaban J connectivity index is 1.84.